The van der Waals surface area contributed by atoms with Crippen molar-refractivity contribution in [1.82, 2.24) is 10.2 Å². The standard InChI is InChI=1S/C13H13N3O2/c14-12(13(17)18)7-9-2-1-3-10(6-9)11-4-5-15-16-8-11/h1-6,8,12H,7,14H2,(H,17,18). The Bertz CT molecular complexity index is 543. The van der Waals surface area contributed by atoms with Crippen molar-refractivity contribution in [3.63, 3.8) is 0 Å². The lowest BCUT2D eigenvalue weighted by Crippen LogP contribution is -2.32. The molecule has 2 rings (SSSR count). The second kappa shape index (κ2) is 5.37. The second-order valence-electron chi connectivity index (χ2n) is 3.98. The summed E-state index contributed by atoms with van der Waals surface area (Å²) in [5, 5.41) is 16.3. The van der Waals surface area contributed by atoms with Crippen LogP contribution in [0.5, 0.6) is 0 Å². The zero-order valence-corrected chi connectivity index (χ0v) is 9.65. The minimum Gasteiger partial charge on any atom is -0.480 e. The van der Waals surface area contributed by atoms with Gasteiger partial charge in [0.15, 0.2) is 0 Å². The van der Waals surface area contributed by atoms with Crippen LogP contribution in [0, 0.1) is 0 Å². The Labute approximate surface area is 104 Å². The lowest BCUT2D eigenvalue weighted by atomic mass is 10.0. The minimum atomic E-state index is -0.994. The predicted molar refractivity (Wildman–Crippen MR) is 66.8 cm³/mol. The lowest BCUT2D eigenvalue weighted by molar-refractivity contribution is -0.138. The average molecular weight is 243 g/mol. The summed E-state index contributed by atoms with van der Waals surface area (Å²) in [6.45, 7) is 0. The summed E-state index contributed by atoms with van der Waals surface area (Å²) in [5.41, 5.74) is 8.32. The van der Waals surface area contributed by atoms with Gasteiger partial charge >= 0.3 is 5.97 Å². The molecule has 0 aliphatic heterocycles. The van der Waals surface area contributed by atoms with Crippen LogP contribution >= 0.6 is 0 Å². The minimum absolute atomic E-state index is 0.307. The van der Waals surface area contributed by atoms with Gasteiger partial charge in [0.25, 0.3) is 0 Å². The Kier molecular flexibility index (Phi) is 3.64. The molecule has 1 aromatic heterocycles. The topological polar surface area (TPSA) is 89.1 Å². The van der Waals surface area contributed by atoms with E-state index >= 15 is 0 Å². The van der Waals surface area contributed by atoms with E-state index in [9.17, 15) is 4.79 Å². The highest BCUT2D eigenvalue weighted by molar-refractivity contribution is 5.73. The van der Waals surface area contributed by atoms with Gasteiger partial charge in [0.2, 0.25) is 0 Å². The maximum Gasteiger partial charge on any atom is 0.320 e. The predicted octanol–water partition coefficient (Wildman–Crippen LogP) is 1.10. The van der Waals surface area contributed by atoms with Crippen molar-refractivity contribution < 1.29 is 9.90 Å². The van der Waals surface area contributed by atoms with E-state index in [4.69, 9.17) is 10.8 Å². The Balaban J connectivity index is 2.23. The van der Waals surface area contributed by atoms with Gasteiger partial charge in [-0.05, 0) is 23.6 Å². The van der Waals surface area contributed by atoms with Gasteiger partial charge in [-0.2, -0.15) is 10.2 Å². The maximum absolute atomic E-state index is 10.7. The number of nitrogens with two attached hydrogens (primary N) is 1. The van der Waals surface area contributed by atoms with Gasteiger partial charge in [0.1, 0.15) is 6.04 Å². The third-order valence-corrected chi connectivity index (χ3v) is 2.62. The summed E-state index contributed by atoms with van der Waals surface area (Å²) in [6, 6.07) is 8.56. The summed E-state index contributed by atoms with van der Waals surface area (Å²) in [7, 11) is 0. The first-order valence-electron chi connectivity index (χ1n) is 5.51. The molecule has 0 aliphatic carbocycles. The Morgan fingerprint density at radius 3 is 2.78 bits per heavy atom. The van der Waals surface area contributed by atoms with Gasteiger partial charge in [-0.3, -0.25) is 4.79 Å². The van der Waals surface area contributed by atoms with Crippen LogP contribution in [0.3, 0.4) is 0 Å². The maximum atomic E-state index is 10.7. The molecule has 0 bridgehead atoms. The fourth-order valence-corrected chi connectivity index (χ4v) is 1.68. The molecular weight excluding hydrogens is 230 g/mol. The molecule has 5 nitrogen and oxygen atoms in total. The van der Waals surface area contributed by atoms with Crippen LogP contribution in [-0.4, -0.2) is 27.3 Å². The molecule has 18 heavy (non-hydrogen) atoms. The van der Waals surface area contributed by atoms with Gasteiger partial charge in [-0.1, -0.05) is 24.3 Å². The highest BCUT2D eigenvalue weighted by atomic mass is 16.4. The second-order valence-corrected chi connectivity index (χ2v) is 3.98. The molecule has 92 valence electrons. The monoisotopic (exact) mass is 243 g/mol. The number of hydrogen-bond donors (Lipinski definition) is 2. The van der Waals surface area contributed by atoms with Crippen molar-refractivity contribution in [3.8, 4) is 11.1 Å². The van der Waals surface area contributed by atoms with Crippen molar-refractivity contribution in [2.24, 2.45) is 5.73 Å². The number of carbonyl (C=O) groups is 1. The van der Waals surface area contributed by atoms with Gasteiger partial charge in [0, 0.05) is 5.56 Å². The molecule has 1 heterocycles. The fraction of sp³-hybridized carbons (Fsp3) is 0.154. The molecule has 0 saturated heterocycles. The SMILES string of the molecule is NC(Cc1cccc(-c2ccnnc2)c1)C(=O)O. The van der Waals surface area contributed by atoms with E-state index in [0.717, 1.165) is 16.7 Å². The van der Waals surface area contributed by atoms with Crippen molar-refractivity contribution in [1.29, 1.82) is 0 Å². The normalized spacial score (nSPS) is 12.1. The van der Waals surface area contributed by atoms with Crippen LogP contribution in [0.1, 0.15) is 5.56 Å². The average Bonchev–Trinajstić information content (AvgIpc) is 2.40. The van der Waals surface area contributed by atoms with Crippen LogP contribution in [0.4, 0.5) is 0 Å². The summed E-state index contributed by atoms with van der Waals surface area (Å²) >= 11 is 0. The molecular formula is C13H13N3O2. The third-order valence-electron chi connectivity index (χ3n) is 2.62. The molecule has 0 amide bonds. The summed E-state index contributed by atoms with van der Waals surface area (Å²) < 4.78 is 0. The molecule has 5 heteroatoms. The summed E-state index contributed by atoms with van der Waals surface area (Å²) in [4.78, 5) is 10.7. The number of benzene rings is 1. The number of carboxylic acids is 1. The highest BCUT2D eigenvalue weighted by Gasteiger charge is 2.12. The van der Waals surface area contributed by atoms with Gasteiger partial charge in [0.05, 0.1) is 12.4 Å². The van der Waals surface area contributed by atoms with Gasteiger partial charge < -0.3 is 10.8 Å². The number of carboxylic acid groups (broad SMARTS) is 1. The molecule has 0 fully saturated rings. The molecule has 0 radical (unpaired) electrons. The van der Waals surface area contributed by atoms with Crippen LogP contribution in [0.15, 0.2) is 42.7 Å². The van der Waals surface area contributed by atoms with Crippen LogP contribution < -0.4 is 5.73 Å². The van der Waals surface area contributed by atoms with Crippen molar-refractivity contribution in [2.75, 3.05) is 0 Å². The fourth-order valence-electron chi connectivity index (χ4n) is 1.68. The first kappa shape index (κ1) is 12.2. The Morgan fingerprint density at radius 2 is 2.11 bits per heavy atom. The molecule has 0 aliphatic rings. The first-order valence-corrected chi connectivity index (χ1v) is 5.51. The zero-order valence-electron chi connectivity index (χ0n) is 9.65. The largest absolute Gasteiger partial charge is 0.480 e. The number of nitrogens with zero attached hydrogens (tertiary/aromatic N) is 2. The van der Waals surface area contributed by atoms with E-state index in [1.165, 1.54) is 0 Å². The van der Waals surface area contributed by atoms with E-state index < -0.39 is 12.0 Å². The lowest BCUT2D eigenvalue weighted by Gasteiger charge is -2.08. The highest BCUT2D eigenvalue weighted by Crippen LogP contribution is 2.19. The molecule has 1 unspecified atom stereocenters. The number of aliphatic carboxylic acids is 1. The van der Waals surface area contributed by atoms with E-state index in [2.05, 4.69) is 10.2 Å². The molecule has 3 N–H and O–H groups in total. The van der Waals surface area contributed by atoms with Crippen molar-refractivity contribution in [2.45, 2.75) is 12.5 Å². The molecule has 1 atom stereocenters. The smallest absolute Gasteiger partial charge is 0.320 e. The van der Waals surface area contributed by atoms with Gasteiger partial charge in [-0.25, -0.2) is 0 Å². The molecule has 0 saturated carbocycles. The summed E-state index contributed by atoms with van der Waals surface area (Å²) in [5.74, 6) is -0.994. The third kappa shape index (κ3) is 2.89. The number of rotatable bonds is 4. The summed E-state index contributed by atoms with van der Waals surface area (Å²) in [6.07, 6.45) is 3.59. The molecule has 1 aromatic carbocycles. The first-order chi connectivity index (χ1) is 8.66. The molecule has 0 spiro atoms. The van der Waals surface area contributed by atoms with Crippen molar-refractivity contribution >= 4 is 5.97 Å². The van der Waals surface area contributed by atoms with E-state index in [1.807, 2.05) is 30.3 Å². The van der Waals surface area contributed by atoms with Crippen LogP contribution in [-0.2, 0) is 11.2 Å². The molecule has 2 aromatic rings. The van der Waals surface area contributed by atoms with Crippen molar-refractivity contribution in [3.05, 3.63) is 48.3 Å². The number of aromatic nitrogens is 2. The number of hydrogen-bond acceptors (Lipinski definition) is 4. The van der Waals surface area contributed by atoms with E-state index in [-0.39, 0.29) is 0 Å². The van der Waals surface area contributed by atoms with E-state index in [1.54, 1.807) is 12.4 Å². The zero-order chi connectivity index (χ0) is 13.0. The van der Waals surface area contributed by atoms with E-state index in [0.29, 0.717) is 6.42 Å². The Hall–Kier alpha value is -2.27. The Morgan fingerprint density at radius 1 is 1.28 bits per heavy atom. The van der Waals surface area contributed by atoms with Crippen LogP contribution in [0.2, 0.25) is 0 Å². The van der Waals surface area contributed by atoms with Gasteiger partial charge in [-0.15, -0.1) is 0 Å². The quantitative estimate of drug-likeness (QED) is 0.839. The van der Waals surface area contributed by atoms with Crippen LogP contribution in [0.25, 0.3) is 11.1 Å².